The predicted molar refractivity (Wildman–Crippen MR) is 82.5 cm³/mol. The van der Waals surface area contributed by atoms with E-state index >= 15 is 0 Å². The summed E-state index contributed by atoms with van der Waals surface area (Å²) in [7, 11) is 0. The molecule has 1 saturated heterocycles. The number of aromatic nitrogens is 1. The van der Waals surface area contributed by atoms with Gasteiger partial charge in [0.15, 0.2) is 0 Å². The van der Waals surface area contributed by atoms with Gasteiger partial charge in [-0.15, -0.1) is 0 Å². The average molecular weight is 301 g/mol. The molecule has 2 aromatic rings. The van der Waals surface area contributed by atoms with E-state index in [0.29, 0.717) is 25.9 Å². The van der Waals surface area contributed by atoms with Crippen LogP contribution in [-0.4, -0.2) is 46.4 Å². The molecule has 2 amide bonds. The molecular formula is C16H19N3O3. The Hall–Kier alpha value is -2.50. The zero-order valence-corrected chi connectivity index (χ0v) is 12.3. The molecule has 0 saturated carbocycles. The molecule has 1 aliphatic rings. The van der Waals surface area contributed by atoms with Crippen molar-refractivity contribution in [3.05, 3.63) is 30.0 Å². The fourth-order valence-corrected chi connectivity index (χ4v) is 2.81. The lowest BCUT2D eigenvalue weighted by molar-refractivity contribution is -0.133. The first-order valence-corrected chi connectivity index (χ1v) is 7.47. The summed E-state index contributed by atoms with van der Waals surface area (Å²) in [4.78, 5) is 28.0. The van der Waals surface area contributed by atoms with Crippen LogP contribution in [0.1, 0.15) is 18.4 Å². The summed E-state index contributed by atoms with van der Waals surface area (Å²) in [6.45, 7) is 1.32. The lowest BCUT2D eigenvalue weighted by atomic mass is 10.1. The molecule has 22 heavy (non-hydrogen) atoms. The maximum absolute atomic E-state index is 11.8. The van der Waals surface area contributed by atoms with Crippen LogP contribution in [-0.2, 0) is 16.0 Å². The quantitative estimate of drug-likeness (QED) is 0.774. The van der Waals surface area contributed by atoms with Gasteiger partial charge in [-0.2, -0.15) is 0 Å². The highest BCUT2D eigenvalue weighted by Crippen LogP contribution is 2.23. The van der Waals surface area contributed by atoms with Crippen LogP contribution in [0.25, 0.3) is 10.9 Å². The summed E-state index contributed by atoms with van der Waals surface area (Å²) < 4.78 is 0. The summed E-state index contributed by atoms with van der Waals surface area (Å²) >= 11 is 0. The average Bonchev–Trinajstić information content (AvgIpc) is 3.06. The number of amides is 2. The number of carbonyl (C=O) groups is 2. The third-order valence-electron chi connectivity index (χ3n) is 3.97. The molecule has 3 rings (SSSR count). The van der Waals surface area contributed by atoms with Crippen LogP contribution in [0.3, 0.4) is 0 Å². The molecule has 0 aliphatic carbocycles. The minimum Gasteiger partial charge on any atom is -0.508 e. The summed E-state index contributed by atoms with van der Waals surface area (Å²) in [6.07, 6.45) is 3.94. The van der Waals surface area contributed by atoms with E-state index in [2.05, 4.69) is 10.3 Å². The van der Waals surface area contributed by atoms with Gasteiger partial charge >= 0.3 is 0 Å². The molecule has 0 spiro atoms. The molecule has 2 heterocycles. The highest BCUT2D eigenvalue weighted by atomic mass is 16.3. The van der Waals surface area contributed by atoms with Crippen molar-refractivity contribution in [2.75, 3.05) is 19.6 Å². The Morgan fingerprint density at radius 3 is 3.05 bits per heavy atom. The number of phenolic OH excluding ortho intramolecular Hbond substituents is 1. The summed E-state index contributed by atoms with van der Waals surface area (Å²) in [6, 6.07) is 5.18. The van der Waals surface area contributed by atoms with E-state index < -0.39 is 0 Å². The summed E-state index contributed by atoms with van der Waals surface area (Å²) in [5, 5.41) is 13.4. The molecule has 116 valence electrons. The van der Waals surface area contributed by atoms with E-state index in [1.165, 1.54) is 0 Å². The van der Waals surface area contributed by atoms with Crippen LogP contribution in [0, 0.1) is 0 Å². The highest BCUT2D eigenvalue weighted by Gasteiger charge is 2.21. The smallest absolute Gasteiger partial charge is 0.239 e. The predicted octanol–water partition coefficient (Wildman–Crippen LogP) is 1.15. The number of likely N-dealkylation sites (tertiary alicyclic amines) is 1. The van der Waals surface area contributed by atoms with Crippen molar-refractivity contribution in [1.29, 1.82) is 0 Å². The number of aromatic amines is 1. The number of hydrogen-bond donors (Lipinski definition) is 3. The van der Waals surface area contributed by atoms with E-state index in [1.54, 1.807) is 17.0 Å². The Labute approximate surface area is 128 Å². The first-order chi connectivity index (χ1) is 10.6. The Balaban J connectivity index is 1.52. The molecule has 6 nitrogen and oxygen atoms in total. The number of rotatable bonds is 5. The van der Waals surface area contributed by atoms with E-state index in [1.807, 2.05) is 12.3 Å². The van der Waals surface area contributed by atoms with Crippen molar-refractivity contribution in [3.63, 3.8) is 0 Å². The Morgan fingerprint density at radius 1 is 1.41 bits per heavy atom. The monoisotopic (exact) mass is 301 g/mol. The molecule has 0 atom stereocenters. The van der Waals surface area contributed by atoms with Gasteiger partial charge in [0.05, 0.1) is 6.54 Å². The fourth-order valence-electron chi connectivity index (χ4n) is 2.81. The molecule has 6 heteroatoms. The van der Waals surface area contributed by atoms with Gasteiger partial charge in [-0.05, 0) is 36.6 Å². The van der Waals surface area contributed by atoms with Crippen molar-refractivity contribution < 1.29 is 14.7 Å². The Bertz CT molecular complexity index is 708. The van der Waals surface area contributed by atoms with E-state index in [4.69, 9.17) is 0 Å². The van der Waals surface area contributed by atoms with Gasteiger partial charge in [0.25, 0.3) is 0 Å². The van der Waals surface area contributed by atoms with Gasteiger partial charge in [-0.25, -0.2) is 0 Å². The van der Waals surface area contributed by atoms with Crippen LogP contribution in [0.2, 0.25) is 0 Å². The number of hydrogen-bond acceptors (Lipinski definition) is 3. The number of nitrogens with one attached hydrogen (secondary N) is 2. The minimum atomic E-state index is -0.127. The number of nitrogens with zero attached hydrogens (tertiary/aromatic N) is 1. The van der Waals surface area contributed by atoms with Crippen molar-refractivity contribution in [3.8, 4) is 5.75 Å². The number of phenols is 1. The van der Waals surface area contributed by atoms with Crippen LogP contribution >= 0.6 is 0 Å². The summed E-state index contributed by atoms with van der Waals surface area (Å²) in [5.41, 5.74) is 2.00. The van der Waals surface area contributed by atoms with Crippen LogP contribution in [0.15, 0.2) is 24.4 Å². The van der Waals surface area contributed by atoms with Crippen molar-refractivity contribution in [2.45, 2.75) is 19.3 Å². The van der Waals surface area contributed by atoms with E-state index in [-0.39, 0.29) is 24.1 Å². The second-order valence-electron chi connectivity index (χ2n) is 5.56. The number of benzene rings is 1. The first-order valence-electron chi connectivity index (χ1n) is 7.47. The standard InChI is InChI=1S/C16H19N3O3/c20-12-3-4-14-13(8-12)11(9-18-14)5-6-17-15(21)10-19-7-1-2-16(19)22/h3-4,8-9,18,20H,1-2,5-7,10H2,(H,17,21). The van der Waals surface area contributed by atoms with Crippen molar-refractivity contribution in [2.24, 2.45) is 0 Å². The highest BCUT2D eigenvalue weighted by molar-refractivity contribution is 5.86. The third-order valence-corrected chi connectivity index (χ3v) is 3.97. The number of carbonyl (C=O) groups excluding carboxylic acids is 2. The Kier molecular flexibility index (Phi) is 4.00. The number of fused-ring (bicyclic) bond motifs is 1. The SMILES string of the molecule is O=C(CN1CCCC1=O)NCCc1c[nH]c2ccc(O)cc12. The zero-order valence-electron chi connectivity index (χ0n) is 12.3. The van der Waals surface area contributed by atoms with Gasteiger partial charge in [-0.1, -0.05) is 0 Å². The fraction of sp³-hybridized carbons (Fsp3) is 0.375. The first kappa shape index (κ1) is 14.4. The maximum Gasteiger partial charge on any atom is 0.239 e. The molecule has 1 aliphatic heterocycles. The maximum atomic E-state index is 11.8. The molecular weight excluding hydrogens is 282 g/mol. The van der Waals surface area contributed by atoms with Gasteiger partial charge in [-0.3, -0.25) is 9.59 Å². The Morgan fingerprint density at radius 2 is 2.27 bits per heavy atom. The van der Waals surface area contributed by atoms with Crippen molar-refractivity contribution in [1.82, 2.24) is 15.2 Å². The van der Waals surface area contributed by atoms with Gasteiger partial charge in [0.2, 0.25) is 11.8 Å². The van der Waals surface area contributed by atoms with E-state index in [9.17, 15) is 14.7 Å². The largest absolute Gasteiger partial charge is 0.508 e. The molecule has 1 aromatic heterocycles. The van der Waals surface area contributed by atoms with Gasteiger partial charge in [0, 0.05) is 36.6 Å². The number of H-pyrrole nitrogens is 1. The summed E-state index contributed by atoms with van der Waals surface area (Å²) in [5.74, 6) is 0.158. The van der Waals surface area contributed by atoms with Crippen molar-refractivity contribution >= 4 is 22.7 Å². The van der Waals surface area contributed by atoms with Crippen LogP contribution < -0.4 is 5.32 Å². The van der Waals surface area contributed by atoms with Crippen LogP contribution in [0.4, 0.5) is 0 Å². The second kappa shape index (κ2) is 6.09. The number of aromatic hydroxyl groups is 1. The minimum absolute atomic E-state index is 0.0576. The molecule has 1 fully saturated rings. The van der Waals surface area contributed by atoms with Gasteiger partial charge in [0.1, 0.15) is 5.75 Å². The van der Waals surface area contributed by atoms with Crippen LogP contribution in [0.5, 0.6) is 5.75 Å². The lowest BCUT2D eigenvalue weighted by Gasteiger charge is -2.14. The lowest BCUT2D eigenvalue weighted by Crippen LogP contribution is -2.38. The molecule has 0 unspecified atom stereocenters. The molecule has 1 aromatic carbocycles. The molecule has 0 bridgehead atoms. The van der Waals surface area contributed by atoms with E-state index in [0.717, 1.165) is 22.9 Å². The second-order valence-corrected chi connectivity index (χ2v) is 5.56. The third kappa shape index (κ3) is 3.05. The molecule has 3 N–H and O–H groups in total. The topological polar surface area (TPSA) is 85.4 Å². The normalized spacial score (nSPS) is 14.7. The molecule has 0 radical (unpaired) electrons. The van der Waals surface area contributed by atoms with Gasteiger partial charge < -0.3 is 20.3 Å². The zero-order chi connectivity index (χ0) is 15.5.